The molecule has 2 aliphatic carbocycles. The molecule has 4 rings (SSSR count). The van der Waals surface area contributed by atoms with Crippen molar-refractivity contribution in [2.24, 2.45) is 10.8 Å². The Balaban J connectivity index is 1.98. The maximum absolute atomic E-state index is 12.3. The Hall–Kier alpha value is -1.49. The van der Waals surface area contributed by atoms with Crippen LogP contribution in [0.2, 0.25) is 6.82 Å². The first-order valence-corrected chi connectivity index (χ1v) is 10.7. The summed E-state index contributed by atoms with van der Waals surface area (Å²) in [4.78, 5) is 14.8. The summed E-state index contributed by atoms with van der Waals surface area (Å²) in [6.45, 7) is 12.1. The number of fused-ring (bicyclic) bond motifs is 1. The highest BCUT2D eigenvalue weighted by molar-refractivity contribution is 6.72. The average molecular weight is 381 g/mol. The van der Waals surface area contributed by atoms with E-state index >= 15 is 0 Å². The summed E-state index contributed by atoms with van der Waals surface area (Å²) in [7, 11) is 3.90. The monoisotopic (exact) mass is 381 g/mol. The first-order valence-electron chi connectivity index (χ1n) is 10.7. The van der Waals surface area contributed by atoms with Crippen LogP contribution in [0.25, 0.3) is 0 Å². The molecule has 5 heteroatoms. The fourth-order valence-electron chi connectivity index (χ4n) is 7.45. The molecule has 4 atom stereocenters. The van der Waals surface area contributed by atoms with Gasteiger partial charge in [0.15, 0.2) is 5.81 Å². The molecular weight excluding hydrogens is 347 g/mol. The number of carbonyl (C=O) groups excluding carboxylic acids is 1. The number of phenolic OH excluding ortho intramolecular Hbond substituents is 1. The van der Waals surface area contributed by atoms with Crippen molar-refractivity contribution in [2.45, 2.75) is 77.7 Å². The lowest BCUT2D eigenvalue weighted by atomic mass is 9.36. The second-order valence-electron chi connectivity index (χ2n) is 10.1. The van der Waals surface area contributed by atoms with Gasteiger partial charge in [0, 0.05) is 17.5 Å². The van der Waals surface area contributed by atoms with E-state index in [1.807, 2.05) is 6.07 Å². The summed E-state index contributed by atoms with van der Waals surface area (Å²) in [6, 6.07) is 4.63. The summed E-state index contributed by atoms with van der Waals surface area (Å²) >= 11 is 0. The van der Waals surface area contributed by atoms with Gasteiger partial charge >= 0.3 is 0 Å². The van der Waals surface area contributed by atoms with Gasteiger partial charge in [-0.1, -0.05) is 33.7 Å². The van der Waals surface area contributed by atoms with E-state index in [0.29, 0.717) is 11.8 Å². The molecule has 28 heavy (non-hydrogen) atoms. The molecule has 2 N–H and O–H groups in total. The van der Waals surface area contributed by atoms with Crippen molar-refractivity contribution in [1.82, 2.24) is 10.2 Å². The Kier molecular flexibility index (Phi) is 4.43. The van der Waals surface area contributed by atoms with Crippen molar-refractivity contribution in [3.05, 3.63) is 28.8 Å². The largest absolute Gasteiger partial charge is 0.508 e. The number of hydrogen-bond donors (Lipinski definition) is 2. The molecular formula is C23H34BN2O2. The van der Waals surface area contributed by atoms with Crippen LogP contribution in [0.5, 0.6) is 5.75 Å². The molecule has 2 fully saturated rings. The summed E-state index contributed by atoms with van der Waals surface area (Å²) in [6.07, 6.45) is 4.20. The molecule has 0 spiro atoms. The van der Waals surface area contributed by atoms with E-state index < -0.39 is 0 Å². The minimum absolute atomic E-state index is 0.0196. The van der Waals surface area contributed by atoms with Crippen molar-refractivity contribution in [2.75, 3.05) is 13.6 Å². The van der Waals surface area contributed by atoms with Gasteiger partial charge in [-0.2, -0.15) is 0 Å². The molecule has 1 aromatic rings. The van der Waals surface area contributed by atoms with E-state index in [1.54, 1.807) is 14.1 Å². The third-order valence-corrected chi connectivity index (χ3v) is 8.95. The Morgan fingerprint density at radius 3 is 2.68 bits per heavy atom. The highest BCUT2D eigenvalue weighted by Gasteiger charge is 2.69. The highest BCUT2D eigenvalue weighted by atomic mass is 16.3. The van der Waals surface area contributed by atoms with E-state index in [1.165, 1.54) is 11.1 Å². The number of aromatic hydroxyl groups is 1. The van der Waals surface area contributed by atoms with Crippen LogP contribution in [-0.2, 0) is 11.8 Å². The topological polar surface area (TPSA) is 52.6 Å². The smallest absolute Gasteiger partial charge is 0.229 e. The Morgan fingerprint density at radius 1 is 1.29 bits per heavy atom. The lowest BCUT2D eigenvalue weighted by Gasteiger charge is -2.72. The lowest BCUT2D eigenvalue weighted by Crippen LogP contribution is -2.75. The number of benzene rings is 1. The number of phenols is 1. The number of likely N-dealkylation sites (tertiary alicyclic amines) is 1. The zero-order valence-corrected chi connectivity index (χ0v) is 18.2. The van der Waals surface area contributed by atoms with Crippen molar-refractivity contribution < 1.29 is 9.90 Å². The van der Waals surface area contributed by atoms with E-state index in [2.05, 4.69) is 51.0 Å². The molecule has 3 aliphatic rings. The van der Waals surface area contributed by atoms with Gasteiger partial charge < -0.3 is 15.3 Å². The number of nitrogens with one attached hydrogen (secondary N) is 1. The Labute approximate surface area is 170 Å². The summed E-state index contributed by atoms with van der Waals surface area (Å²) in [5, 5.41) is 13.9. The number of hydrogen-bond acceptors (Lipinski definition) is 3. The fourth-order valence-corrected chi connectivity index (χ4v) is 7.45. The fraction of sp³-hybridized carbons (Fsp3) is 0.696. The van der Waals surface area contributed by atoms with E-state index in [-0.39, 0.29) is 28.1 Å². The van der Waals surface area contributed by atoms with Crippen LogP contribution in [0.1, 0.15) is 56.7 Å². The van der Waals surface area contributed by atoms with Gasteiger partial charge in [0.1, 0.15) is 5.75 Å². The molecule has 2 unspecified atom stereocenters. The van der Waals surface area contributed by atoms with Gasteiger partial charge in [-0.05, 0) is 79.8 Å². The number of rotatable bonds is 2. The third kappa shape index (κ3) is 2.26. The van der Waals surface area contributed by atoms with Crippen molar-refractivity contribution in [1.29, 1.82) is 0 Å². The van der Waals surface area contributed by atoms with E-state index in [9.17, 15) is 9.90 Å². The van der Waals surface area contributed by atoms with E-state index in [0.717, 1.165) is 37.8 Å². The van der Waals surface area contributed by atoms with Crippen LogP contribution in [0, 0.1) is 17.8 Å². The molecule has 1 heterocycles. The van der Waals surface area contributed by atoms with Gasteiger partial charge in [0.2, 0.25) is 7.28 Å². The van der Waals surface area contributed by atoms with Gasteiger partial charge in [0.05, 0.1) is 0 Å². The maximum atomic E-state index is 12.3. The SMILES string of the molecule is C[B]C(=O)NC1CCC2(C)[C@H]3Cc4ccc(O)c(C)c4[C@@]2(CCN3C)C1(C)C. The second kappa shape index (κ2) is 6.25. The average Bonchev–Trinajstić information content (AvgIpc) is 2.64. The van der Waals surface area contributed by atoms with Crippen molar-refractivity contribution in [3.8, 4) is 5.75 Å². The number of piperidine rings is 1. The van der Waals surface area contributed by atoms with Crippen molar-refractivity contribution in [3.63, 3.8) is 0 Å². The summed E-state index contributed by atoms with van der Waals surface area (Å²) < 4.78 is 0. The standard InChI is InChI=1S/C23H34BN2O2/c1-14-16(27)8-7-15-13-18-22(4)10-9-17(25-20(28)24-5)21(2,3)23(22,19(14)15)11-12-26(18)6/h7-8,17-18,27H,9-13H2,1-6H3,(H,25,28)/t17?,18-,22?,23+/m1/s1. The van der Waals surface area contributed by atoms with Gasteiger partial charge in [0.25, 0.3) is 0 Å². The minimum atomic E-state index is -0.119. The predicted molar refractivity (Wildman–Crippen MR) is 114 cm³/mol. The zero-order valence-electron chi connectivity index (χ0n) is 18.2. The van der Waals surface area contributed by atoms with Gasteiger partial charge in [-0.3, -0.25) is 4.79 Å². The molecule has 1 amide bonds. The molecule has 151 valence electrons. The zero-order chi connectivity index (χ0) is 20.5. The van der Waals surface area contributed by atoms with E-state index in [4.69, 9.17) is 0 Å². The predicted octanol–water partition coefficient (Wildman–Crippen LogP) is 3.86. The molecule has 1 saturated heterocycles. The molecule has 4 nitrogen and oxygen atoms in total. The van der Waals surface area contributed by atoms with Crippen LogP contribution < -0.4 is 5.32 Å². The van der Waals surface area contributed by atoms with Crippen LogP contribution in [-0.4, -0.2) is 48.8 Å². The molecule has 1 aromatic carbocycles. The highest BCUT2D eigenvalue weighted by Crippen LogP contribution is 2.69. The normalized spacial score (nSPS) is 36.2. The maximum Gasteiger partial charge on any atom is 0.229 e. The molecule has 2 bridgehead atoms. The van der Waals surface area contributed by atoms with Crippen molar-refractivity contribution >= 4 is 13.1 Å². The molecule has 1 radical (unpaired) electrons. The molecule has 1 saturated carbocycles. The van der Waals surface area contributed by atoms with Crippen LogP contribution in [0.15, 0.2) is 12.1 Å². The summed E-state index contributed by atoms with van der Waals surface area (Å²) in [5.41, 5.74) is 3.71. The Morgan fingerprint density at radius 2 is 2.00 bits per heavy atom. The second-order valence-corrected chi connectivity index (χ2v) is 10.1. The van der Waals surface area contributed by atoms with Crippen LogP contribution in [0.3, 0.4) is 0 Å². The quantitative estimate of drug-likeness (QED) is 0.765. The molecule has 0 aromatic heterocycles. The number of amides is 1. The number of carbonyl (C=O) groups is 1. The van der Waals surface area contributed by atoms with Gasteiger partial charge in [-0.25, -0.2) is 0 Å². The third-order valence-electron chi connectivity index (χ3n) is 8.95. The molecule has 1 aliphatic heterocycles. The first-order chi connectivity index (χ1) is 13.1. The number of nitrogens with zero attached hydrogens (tertiary/aromatic N) is 1. The number of likely N-dealkylation sites (N-methyl/N-ethyl adjacent to an activating group) is 1. The first kappa shape index (κ1) is 19.8. The van der Waals surface area contributed by atoms with Crippen LogP contribution >= 0.6 is 0 Å². The minimum Gasteiger partial charge on any atom is -0.508 e. The Bertz CT molecular complexity index is 823. The lowest BCUT2D eigenvalue weighted by molar-refractivity contribution is -0.144. The van der Waals surface area contributed by atoms with Gasteiger partial charge in [-0.15, -0.1) is 0 Å². The van der Waals surface area contributed by atoms with Crippen LogP contribution in [0.4, 0.5) is 4.79 Å². The summed E-state index contributed by atoms with van der Waals surface area (Å²) in [5.74, 6) is 0.419.